The molecule has 0 bridgehead atoms. The second kappa shape index (κ2) is 11.5. The van der Waals surface area contributed by atoms with Crippen molar-refractivity contribution in [3.8, 4) is 5.75 Å². The fourth-order valence-electron chi connectivity index (χ4n) is 4.58. The number of halogens is 1. The summed E-state index contributed by atoms with van der Waals surface area (Å²) in [7, 11) is 0. The zero-order valence-corrected chi connectivity index (χ0v) is 21.4. The van der Waals surface area contributed by atoms with E-state index in [1.807, 2.05) is 30.3 Å². The zero-order valence-electron chi connectivity index (χ0n) is 20.6. The Hall–Kier alpha value is -3.13. The fraction of sp³-hybridized carbons (Fsp3) is 0.379. The minimum atomic E-state index is -0.988. The first kappa shape index (κ1) is 25.5. The van der Waals surface area contributed by atoms with Crippen LogP contribution in [-0.4, -0.2) is 58.6 Å². The summed E-state index contributed by atoms with van der Waals surface area (Å²) < 4.78 is 5.80. The summed E-state index contributed by atoms with van der Waals surface area (Å²) >= 11 is 6.42. The number of rotatable bonds is 11. The molecule has 5 rings (SSSR count). The van der Waals surface area contributed by atoms with Crippen LogP contribution in [0.1, 0.15) is 42.9 Å². The van der Waals surface area contributed by atoms with Gasteiger partial charge in [0.2, 0.25) is 0 Å². The van der Waals surface area contributed by atoms with E-state index in [1.165, 1.54) is 0 Å². The number of ether oxygens (including phenoxy) is 1. The summed E-state index contributed by atoms with van der Waals surface area (Å²) in [5, 5.41) is 29.8. The van der Waals surface area contributed by atoms with Gasteiger partial charge in [0, 0.05) is 13.0 Å². The maximum absolute atomic E-state index is 13.1. The van der Waals surface area contributed by atoms with Crippen LogP contribution in [0.5, 0.6) is 5.75 Å². The van der Waals surface area contributed by atoms with Crippen molar-refractivity contribution in [1.29, 1.82) is 0 Å². The molecule has 2 atom stereocenters. The molecule has 37 heavy (non-hydrogen) atoms. The summed E-state index contributed by atoms with van der Waals surface area (Å²) in [4.78, 5) is 15.3. The lowest BCUT2D eigenvalue weighted by atomic mass is 9.99. The SMILES string of the molecule is O=C(N[C@H](CN1CCC1)[C@H](O)c1ccc(OC2CC2)c(Cl)c1)/C(CCc1ccc2ccccc2c1)=N/O. The Morgan fingerprint density at radius 2 is 1.89 bits per heavy atom. The first-order chi connectivity index (χ1) is 18.0. The molecule has 0 spiro atoms. The molecule has 2 aliphatic rings. The van der Waals surface area contributed by atoms with Gasteiger partial charge in [-0.05, 0) is 72.8 Å². The number of carbonyl (C=O) groups is 1. The Labute approximate surface area is 221 Å². The number of fused-ring (bicyclic) bond motifs is 1. The van der Waals surface area contributed by atoms with Crippen LogP contribution in [0.3, 0.4) is 0 Å². The van der Waals surface area contributed by atoms with E-state index in [-0.39, 0.29) is 18.2 Å². The molecular formula is C29H32ClN3O4. The number of aliphatic hydroxyl groups is 1. The van der Waals surface area contributed by atoms with Gasteiger partial charge in [-0.25, -0.2) is 0 Å². The van der Waals surface area contributed by atoms with Crippen molar-refractivity contribution in [2.24, 2.45) is 5.16 Å². The first-order valence-corrected chi connectivity index (χ1v) is 13.2. The average molecular weight is 522 g/mol. The molecule has 3 aromatic rings. The van der Waals surface area contributed by atoms with Crippen molar-refractivity contribution < 1.29 is 19.8 Å². The van der Waals surface area contributed by atoms with Crippen LogP contribution in [0.15, 0.2) is 65.8 Å². The van der Waals surface area contributed by atoms with E-state index >= 15 is 0 Å². The van der Waals surface area contributed by atoms with Crippen LogP contribution in [0.2, 0.25) is 5.02 Å². The van der Waals surface area contributed by atoms with E-state index < -0.39 is 18.1 Å². The van der Waals surface area contributed by atoms with Gasteiger partial charge in [0.15, 0.2) is 0 Å². The first-order valence-electron chi connectivity index (χ1n) is 12.9. The molecule has 0 unspecified atom stereocenters. The van der Waals surface area contributed by atoms with Crippen molar-refractivity contribution in [1.82, 2.24) is 10.2 Å². The topological polar surface area (TPSA) is 94.4 Å². The van der Waals surface area contributed by atoms with Crippen LogP contribution in [0, 0.1) is 0 Å². The summed E-state index contributed by atoms with van der Waals surface area (Å²) in [6.45, 7) is 2.31. The van der Waals surface area contributed by atoms with Gasteiger partial charge in [-0.15, -0.1) is 0 Å². The molecule has 1 saturated heterocycles. The second-order valence-electron chi connectivity index (χ2n) is 9.91. The van der Waals surface area contributed by atoms with E-state index in [1.54, 1.807) is 18.2 Å². The highest BCUT2D eigenvalue weighted by Crippen LogP contribution is 2.34. The Bertz CT molecular complexity index is 1290. The molecule has 7 nitrogen and oxygen atoms in total. The van der Waals surface area contributed by atoms with Crippen LogP contribution < -0.4 is 10.1 Å². The lowest BCUT2D eigenvalue weighted by Gasteiger charge is -2.36. The molecule has 1 heterocycles. The summed E-state index contributed by atoms with van der Waals surface area (Å²) in [5.74, 6) is 0.111. The maximum Gasteiger partial charge on any atom is 0.269 e. The number of carbonyl (C=O) groups excluding carboxylic acids is 1. The third-order valence-corrected chi connectivity index (χ3v) is 7.36. The Balaban J connectivity index is 1.25. The van der Waals surface area contributed by atoms with Crippen LogP contribution in [0.4, 0.5) is 0 Å². The van der Waals surface area contributed by atoms with Gasteiger partial charge in [-0.3, -0.25) is 4.79 Å². The zero-order chi connectivity index (χ0) is 25.8. The van der Waals surface area contributed by atoms with Gasteiger partial charge in [-0.1, -0.05) is 65.3 Å². The van der Waals surface area contributed by atoms with E-state index in [0.29, 0.717) is 29.3 Å². The number of amides is 1. The van der Waals surface area contributed by atoms with Gasteiger partial charge in [0.05, 0.1) is 17.2 Å². The number of benzene rings is 3. The highest BCUT2D eigenvalue weighted by Gasteiger charge is 2.30. The number of nitrogens with one attached hydrogen (secondary N) is 1. The van der Waals surface area contributed by atoms with E-state index in [0.717, 1.165) is 48.7 Å². The normalized spacial score (nSPS) is 17.7. The molecule has 3 N–H and O–H groups in total. The van der Waals surface area contributed by atoms with Gasteiger partial charge in [-0.2, -0.15) is 0 Å². The number of likely N-dealkylation sites (tertiary alicyclic amines) is 1. The van der Waals surface area contributed by atoms with Gasteiger partial charge in [0.25, 0.3) is 5.91 Å². The predicted molar refractivity (Wildman–Crippen MR) is 145 cm³/mol. The minimum Gasteiger partial charge on any atom is -0.489 e. The highest BCUT2D eigenvalue weighted by molar-refractivity contribution is 6.38. The third-order valence-electron chi connectivity index (χ3n) is 7.06. The largest absolute Gasteiger partial charge is 0.489 e. The third kappa shape index (κ3) is 6.42. The van der Waals surface area contributed by atoms with Crippen molar-refractivity contribution in [3.05, 3.63) is 76.8 Å². The fourth-order valence-corrected chi connectivity index (χ4v) is 4.81. The monoisotopic (exact) mass is 521 g/mol. The average Bonchev–Trinajstić information content (AvgIpc) is 3.70. The Kier molecular flexibility index (Phi) is 7.93. The Morgan fingerprint density at radius 3 is 2.57 bits per heavy atom. The molecule has 2 fully saturated rings. The summed E-state index contributed by atoms with van der Waals surface area (Å²) in [6, 6.07) is 18.9. The maximum atomic E-state index is 13.1. The van der Waals surface area contributed by atoms with Crippen molar-refractivity contribution >= 4 is 34.0 Å². The van der Waals surface area contributed by atoms with Crippen molar-refractivity contribution in [2.75, 3.05) is 19.6 Å². The second-order valence-corrected chi connectivity index (χ2v) is 10.3. The lowest BCUT2D eigenvalue weighted by Crippen LogP contribution is -2.52. The molecule has 194 valence electrons. The van der Waals surface area contributed by atoms with Crippen molar-refractivity contribution in [2.45, 2.75) is 50.4 Å². The Morgan fingerprint density at radius 1 is 1.11 bits per heavy atom. The molecular weight excluding hydrogens is 490 g/mol. The van der Waals surface area contributed by atoms with E-state index in [4.69, 9.17) is 16.3 Å². The number of oxime groups is 1. The number of nitrogens with zero attached hydrogens (tertiary/aromatic N) is 2. The van der Waals surface area contributed by atoms with Crippen LogP contribution >= 0.6 is 11.6 Å². The molecule has 8 heteroatoms. The van der Waals surface area contributed by atoms with Crippen molar-refractivity contribution in [3.63, 3.8) is 0 Å². The van der Waals surface area contributed by atoms with Gasteiger partial charge in [0.1, 0.15) is 17.6 Å². The predicted octanol–water partition coefficient (Wildman–Crippen LogP) is 4.72. The molecule has 1 aliphatic heterocycles. The molecule has 0 radical (unpaired) electrons. The van der Waals surface area contributed by atoms with Crippen LogP contribution in [0.25, 0.3) is 10.8 Å². The smallest absolute Gasteiger partial charge is 0.269 e. The molecule has 0 aromatic heterocycles. The quantitative estimate of drug-likeness (QED) is 0.193. The van der Waals surface area contributed by atoms with E-state index in [9.17, 15) is 15.1 Å². The number of hydrogen-bond donors (Lipinski definition) is 3. The molecule has 1 amide bonds. The lowest BCUT2D eigenvalue weighted by molar-refractivity contribution is -0.116. The van der Waals surface area contributed by atoms with E-state index in [2.05, 4.69) is 27.5 Å². The summed E-state index contributed by atoms with van der Waals surface area (Å²) in [6.07, 6.45) is 3.20. The molecule has 1 aliphatic carbocycles. The molecule has 1 saturated carbocycles. The van der Waals surface area contributed by atoms with Gasteiger partial charge >= 0.3 is 0 Å². The highest BCUT2D eigenvalue weighted by atomic mass is 35.5. The number of aryl methyl sites for hydroxylation is 1. The summed E-state index contributed by atoms with van der Waals surface area (Å²) in [5.41, 5.74) is 1.67. The molecule has 3 aromatic carbocycles. The number of hydrogen-bond acceptors (Lipinski definition) is 6. The van der Waals surface area contributed by atoms with Gasteiger partial charge < -0.3 is 25.3 Å². The van der Waals surface area contributed by atoms with Crippen LogP contribution in [-0.2, 0) is 11.2 Å². The minimum absolute atomic E-state index is 0.0279. The number of aliphatic hydroxyl groups excluding tert-OH is 1. The standard InChI is InChI=1S/C29H32ClN3O4/c30-24-17-22(9-13-27(24)37-23-10-11-23)28(34)26(18-33-14-3-15-33)31-29(35)25(32-36)12-7-19-6-8-20-4-1-2-5-21(20)16-19/h1-2,4-6,8-9,13,16-17,23,26,28,34,36H,3,7,10-12,14-15,18H2,(H,31,35)/b32-25+/t26-,28-/m1/s1.